The zero-order chi connectivity index (χ0) is 24.5. The van der Waals surface area contributed by atoms with Crippen molar-refractivity contribution in [1.29, 1.82) is 0 Å². The molecule has 4 N–H and O–H groups in total. The SMILES string of the molecule is CCOC(=O)CC(NC(=O)CNC(=O)c1cc(N)cc(C(=O)OC)c1)c1cc(Cl)cc(Cl)c1. The van der Waals surface area contributed by atoms with Crippen molar-refractivity contribution >= 4 is 52.6 Å². The average molecular weight is 496 g/mol. The van der Waals surface area contributed by atoms with Crippen LogP contribution in [0.1, 0.15) is 45.7 Å². The Morgan fingerprint density at radius 2 is 1.64 bits per heavy atom. The first-order valence-electron chi connectivity index (χ1n) is 9.81. The maximum absolute atomic E-state index is 12.5. The number of benzene rings is 2. The first-order chi connectivity index (χ1) is 15.6. The van der Waals surface area contributed by atoms with E-state index in [1.807, 2.05) is 0 Å². The molecule has 2 aromatic carbocycles. The molecule has 2 amide bonds. The van der Waals surface area contributed by atoms with Crippen LogP contribution in [0.25, 0.3) is 0 Å². The summed E-state index contributed by atoms with van der Waals surface area (Å²) in [5.74, 6) is -2.39. The summed E-state index contributed by atoms with van der Waals surface area (Å²) in [6.45, 7) is 1.44. The Labute approximate surface area is 200 Å². The molecule has 0 aromatic heterocycles. The standard InChI is InChI=1S/C22H23Cl2N3O6/c1-3-33-20(29)10-18(12-5-15(23)9-16(24)6-12)27-19(28)11-26-21(30)13-4-14(22(31)32-2)8-17(25)7-13/h4-9,18H,3,10-11,25H2,1-2H3,(H,26,30)(H,27,28). The highest BCUT2D eigenvalue weighted by Crippen LogP contribution is 2.25. The third-order valence-electron chi connectivity index (χ3n) is 4.35. The predicted octanol–water partition coefficient (Wildman–Crippen LogP) is 2.90. The van der Waals surface area contributed by atoms with E-state index in [1.165, 1.54) is 31.4 Å². The summed E-state index contributed by atoms with van der Waals surface area (Å²) >= 11 is 12.1. The Hall–Kier alpha value is -3.30. The molecule has 2 rings (SSSR count). The second-order valence-corrected chi connectivity index (χ2v) is 7.72. The number of carbonyl (C=O) groups is 4. The predicted molar refractivity (Wildman–Crippen MR) is 123 cm³/mol. The molecule has 0 aliphatic carbocycles. The smallest absolute Gasteiger partial charge is 0.337 e. The van der Waals surface area contributed by atoms with Gasteiger partial charge >= 0.3 is 11.9 Å². The van der Waals surface area contributed by atoms with Crippen LogP contribution in [-0.2, 0) is 19.1 Å². The molecular weight excluding hydrogens is 473 g/mol. The minimum atomic E-state index is -0.789. The van der Waals surface area contributed by atoms with E-state index < -0.39 is 36.3 Å². The number of anilines is 1. The number of rotatable bonds is 9. The van der Waals surface area contributed by atoms with E-state index in [-0.39, 0.29) is 29.8 Å². The van der Waals surface area contributed by atoms with Crippen molar-refractivity contribution in [2.24, 2.45) is 0 Å². The fraction of sp³-hybridized carbons (Fsp3) is 0.273. The Morgan fingerprint density at radius 3 is 2.24 bits per heavy atom. The number of methoxy groups -OCH3 is 1. The molecule has 9 nitrogen and oxygen atoms in total. The molecule has 1 unspecified atom stereocenters. The van der Waals surface area contributed by atoms with E-state index in [2.05, 4.69) is 15.4 Å². The van der Waals surface area contributed by atoms with Gasteiger partial charge in [0.2, 0.25) is 5.91 Å². The molecule has 0 aliphatic heterocycles. The molecule has 0 spiro atoms. The number of carbonyl (C=O) groups excluding carboxylic acids is 4. The molecule has 0 heterocycles. The summed E-state index contributed by atoms with van der Waals surface area (Å²) in [6.07, 6.45) is -0.165. The highest BCUT2D eigenvalue weighted by Gasteiger charge is 2.21. The van der Waals surface area contributed by atoms with Crippen molar-refractivity contribution in [2.75, 3.05) is 26.0 Å². The van der Waals surface area contributed by atoms with E-state index in [9.17, 15) is 19.2 Å². The molecule has 0 radical (unpaired) electrons. The summed E-state index contributed by atoms with van der Waals surface area (Å²) in [6, 6.07) is 7.89. The zero-order valence-corrected chi connectivity index (χ0v) is 19.5. The van der Waals surface area contributed by atoms with Gasteiger partial charge in [0.1, 0.15) is 0 Å². The Balaban J connectivity index is 2.10. The van der Waals surface area contributed by atoms with Crippen molar-refractivity contribution in [3.05, 3.63) is 63.1 Å². The number of amides is 2. The van der Waals surface area contributed by atoms with Crippen LogP contribution in [0.5, 0.6) is 0 Å². The lowest BCUT2D eigenvalue weighted by atomic mass is 10.0. The lowest BCUT2D eigenvalue weighted by Crippen LogP contribution is -2.39. The van der Waals surface area contributed by atoms with E-state index in [4.69, 9.17) is 33.7 Å². The van der Waals surface area contributed by atoms with Crippen molar-refractivity contribution < 1.29 is 28.7 Å². The second-order valence-electron chi connectivity index (χ2n) is 6.85. The minimum Gasteiger partial charge on any atom is -0.466 e. The molecule has 0 saturated carbocycles. The topological polar surface area (TPSA) is 137 Å². The molecule has 0 saturated heterocycles. The number of hydrogen-bond donors (Lipinski definition) is 3. The molecule has 11 heteroatoms. The summed E-state index contributed by atoms with van der Waals surface area (Å²) in [4.78, 5) is 48.7. The number of nitrogens with one attached hydrogen (secondary N) is 2. The first-order valence-corrected chi connectivity index (χ1v) is 10.6. The summed E-state index contributed by atoms with van der Waals surface area (Å²) in [7, 11) is 1.20. The Kier molecular flexibility index (Phi) is 9.50. The third kappa shape index (κ3) is 7.96. The van der Waals surface area contributed by atoms with Gasteiger partial charge in [0.25, 0.3) is 5.91 Å². The van der Waals surface area contributed by atoms with Crippen LogP contribution in [0.4, 0.5) is 5.69 Å². The molecule has 0 fully saturated rings. The summed E-state index contributed by atoms with van der Waals surface area (Å²) in [5.41, 5.74) is 6.59. The van der Waals surface area contributed by atoms with Crippen LogP contribution in [0.15, 0.2) is 36.4 Å². The highest BCUT2D eigenvalue weighted by molar-refractivity contribution is 6.34. The van der Waals surface area contributed by atoms with E-state index in [0.717, 1.165) is 0 Å². The van der Waals surface area contributed by atoms with Crippen molar-refractivity contribution in [2.45, 2.75) is 19.4 Å². The van der Waals surface area contributed by atoms with E-state index in [1.54, 1.807) is 19.1 Å². The van der Waals surface area contributed by atoms with Gasteiger partial charge in [0, 0.05) is 21.3 Å². The molecule has 2 aromatic rings. The maximum Gasteiger partial charge on any atom is 0.337 e. The number of halogens is 2. The van der Waals surface area contributed by atoms with Gasteiger partial charge in [-0.15, -0.1) is 0 Å². The van der Waals surface area contributed by atoms with Crippen LogP contribution in [0.3, 0.4) is 0 Å². The van der Waals surface area contributed by atoms with Crippen molar-refractivity contribution in [1.82, 2.24) is 10.6 Å². The van der Waals surface area contributed by atoms with Gasteiger partial charge in [-0.25, -0.2) is 4.79 Å². The van der Waals surface area contributed by atoms with E-state index in [0.29, 0.717) is 15.6 Å². The number of ether oxygens (including phenoxy) is 2. The lowest BCUT2D eigenvalue weighted by molar-refractivity contribution is -0.143. The quantitative estimate of drug-likeness (QED) is 0.359. The van der Waals surface area contributed by atoms with Crippen LogP contribution < -0.4 is 16.4 Å². The van der Waals surface area contributed by atoms with Crippen LogP contribution in [0.2, 0.25) is 10.0 Å². The van der Waals surface area contributed by atoms with E-state index >= 15 is 0 Å². The second kappa shape index (κ2) is 12.1. The van der Waals surface area contributed by atoms with Crippen LogP contribution in [-0.4, -0.2) is 44.0 Å². The van der Waals surface area contributed by atoms with Crippen molar-refractivity contribution in [3.8, 4) is 0 Å². The lowest BCUT2D eigenvalue weighted by Gasteiger charge is -2.19. The van der Waals surface area contributed by atoms with Gasteiger partial charge in [-0.3, -0.25) is 14.4 Å². The average Bonchev–Trinajstić information content (AvgIpc) is 2.75. The van der Waals surface area contributed by atoms with Gasteiger partial charge in [-0.2, -0.15) is 0 Å². The van der Waals surface area contributed by atoms with Gasteiger partial charge in [0.05, 0.1) is 38.3 Å². The highest BCUT2D eigenvalue weighted by atomic mass is 35.5. The molecule has 33 heavy (non-hydrogen) atoms. The van der Waals surface area contributed by atoms with Gasteiger partial charge in [-0.1, -0.05) is 23.2 Å². The third-order valence-corrected chi connectivity index (χ3v) is 4.78. The fourth-order valence-electron chi connectivity index (χ4n) is 2.94. The molecule has 0 aliphatic rings. The summed E-state index contributed by atoms with van der Waals surface area (Å²) in [5, 5.41) is 5.77. The Morgan fingerprint density at radius 1 is 1.00 bits per heavy atom. The molecule has 1 atom stereocenters. The molecule has 0 bridgehead atoms. The largest absolute Gasteiger partial charge is 0.466 e. The first kappa shape index (κ1) is 26.0. The van der Waals surface area contributed by atoms with Gasteiger partial charge in [0.15, 0.2) is 0 Å². The number of nitrogen functional groups attached to an aromatic ring is 1. The van der Waals surface area contributed by atoms with Crippen LogP contribution >= 0.6 is 23.2 Å². The number of nitrogens with two attached hydrogens (primary N) is 1. The maximum atomic E-state index is 12.5. The monoisotopic (exact) mass is 495 g/mol. The van der Waals surface area contributed by atoms with Gasteiger partial charge < -0.3 is 25.8 Å². The van der Waals surface area contributed by atoms with Crippen molar-refractivity contribution in [3.63, 3.8) is 0 Å². The molecule has 176 valence electrons. The normalized spacial score (nSPS) is 11.3. The summed E-state index contributed by atoms with van der Waals surface area (Å²) < 4.78 is 9.60. The number of hydrogen-bond acceptors (Lipinski definition) is 7. The minimum absolute atomic E-state index is 0.0768. The van der Waals surface area contributed by atoms with Crippen LogP contribution in [0, 0.1) is 0 Å². The number of esters is 2. The fourth-order valence-corrected chi connectivity index (χ4v) is 3.48. The van der Waals surface area contributed by atoms with Gasteiger partial charge in [-0.05, 0) is 48.9 Å². The molecular formula is C22H23Cl2N3O6. The Bertz CT molecular complexity index is 1040. The zero-order valence-electron chi connectivity index (χ0n) is 17.9.